The van der Waals surface area contributed by atoms with E-state index in [2.05, 4.69) is 10.4 Å². The van der Waals surface area contributed by atoms with Gasteiger partial charge in [0.05, 0.1) is 26.5 Å². The zero-order chi connectivity index (χ0) is 21.3. The van der Waals surface area contributed by atoms with E-state index in [-0.39, 0.29) is 31.2 Å². The molecule has 3 rings (SSSR count). The van der Waals surface area contributed by atoms with Crippen molar-refractivity contribution in [1.82, 2.24) is 15.1 Å². The molecule has 2 aromatic carbocycles. The Balaban J connectivity index is 1.53. The van der Waals surface area contributed by atoms with Gasteiger partial charge in [-0.3, -0.25) is 9.59 Å². The highest BCUT2D eigenvalue weighted by molar-refractivity contribution is 5.77. The number of aromatic nitrogens is 2. The standard InChI is InChI=1S/C22H23N3O5/c1-28-17-12-18(29-2)14-19(13-17)30-15-21(26)23-10-11-25-22(27)9-8-20(24-25)16-6-4-3-5-7-16/h3-9,12-14H,10-11,15H2,1-2H3,(H,23,26). The Kier molecular flexibility index (Phi) is 7.05. The van der Waals surface area contributed by atoms with Crippen molar-refractivity contribution < 1.29 is 19.0 Å². The smallest absolute Gasteiger partial charge is 0.266 e. The quantitative estimate of drug-likeness (QED) is 0.582. The van der Waals surface area contributed by atoms with E-state index in [0.717, 1.165) is 5.56 Å². The highest BCUT2D eigenvalue weighted by atomic mass is 16.5. The number of rotatable bonds is 9. The molecule has 1 amide bonds. The SMILES string of the molecule is COc1cc(OC)cc(OCC(=O)NCCn2nc(-c3ccccc3)ccc2=O)c1. The average molecular weight is 409 g/mol. The molecule has 0 atom stereocenters. The van der Waals surface area contributed by atoms with E-state index in [1.165, 1.54) is 25.0 Å². The third kappa shape index (κ3) is 5.60. The Morgan fingerprint density at radius 1 is 0.967 bits per heavy atom. The van der Waals surface area contributed by atoms with Gasteiger partial charge < -0.3 is 19.5 Å². The summed E-state index contributed by atoms with van der Waals surface area (Å²) in [4.78, 5) is 24.1. The summed E-state index contributed by atoms with van der Waals surface area (Å²) in [6, 6.07) is 17.8. The minimum Gasteiger partial charge on any atom is -0.496 e. The summed E-state index contributed by atoms with van der Waals surface area (Å²) in [6.45, 7) is 0.315. The molecule has 0 radical (unpaired) electrons. The van der Waals surface area contributed by atoms with Gasteiger partial charge in [0, 0.05) is 36.4 Å². The maximum atomic E-state index is 12.1. The molecule has 1 N–H and O–H groups in total. The van der Waals surface area contributed by atoms with Gasteiger partial charge in [0.25, 0.3) is 11.5 Å². The maximum Gasteiger partial charge on any atom is 0.266 e. The summed E-state index contributed by atoms with van der Waals surface area (Å²) in [5.74, 6) is 1.26. The molecule has 0 saturated carbocycles. The Bertz CT molecular complexity index is 1030. The first-order valence-electron chi connectivity index (χ1n) is 9.35. The van der Waals surface area contributed by atoms with Gasteiger partial charge in [-0.25, -0.2) is 4.68 Å². The molecular weight excluding hydrogens is 386 g/mol. The van der Waals surface area contributed by atoms with E-state index in [9.17, 15) is 9.59 Å². The lowest BCUT2D eigenvalue weighted by Gasteiger charge is -2.11. The van der Waals surface area contributed by atoms with Gasteiger partial charge >= 0.3 is 0 Å². The van der Waals surface area contributed by atoms with Crippen LogP contribution in [0, 0.1) is 0 Å². The van der Waals surface area contributed by atoms with Crippen molar-refractivity contribution in [2.24, 2.45) is 0 Å². The monoisotopic (exact) mass is 409 g/mol. The van der Waals surface area contributed by atoms with E-state index in [0.29, 0.717) is 22.9 Å². The minimum atomic E-state index is -0.316. The second-order valence-corrected chi connectivity index (χ2v) is 6.33. The highest BCUT2D eigenvalue weighted by Crippen LogP contribution is 2.27. The Morgan fingerprint density at radius 2 is 1.63 bits per heavy atom. The lowest BCUT2D eigenvalue weighted by Crippen LogP contribution is -2.34. The number of carbonyl (C=O) groups is 1. The number of methoxy groups -OCH3 is 2. The first-order valence-corrected chi connectivity index (χ1v) is 9.35. The molecule has 30 heavy (non-hydrogen) atoms. The minimum absolute atomic E-state index is 0.178. The molecule has 1 aromatic heterocycles. The molecule has 0 fully saturated rings. The summed E-state index contributed by atoms with van der Waals surface area (Å²) in [5.41, 5.74) is 1.37. The van der Waals surface area contributed by atoms with Crippen molar-refractivity contribution in [2.45, 2.75) is 6.54 Å². The van der Waals surface area contributed by atoms with Crippen LogP contribution in [0.3, 0.4) is 0 Å². The number of carbonyl (C=O) groups excluding carboxylic acids is 1. The largest absolute Gasteiger partial charge is 0.496 e. The summed E-state index contributed by atoms with van der Waals surface area (Å²) in [6.07, 6.45) is 0. The van der Waals surface area contributed by atoms with Crippen molar-refractivity contribution in [3.8, 4) is 28.5 Å². The number of ether oxygens (including phenoxy) is 3. The number of nitrogens with zero attached hydrogens (tertiary/aromatic N) is 2. The van der Waals surface area contributed by atoms with Crippen LogP contribution in [0.2, 0.25) is 0 Å². The highest BCUT2D eigenvalue weighted by Gasteiger charge is 2.07. The molecular formula is C22H23N3O5. The van der Waals surface area contributed by atoms with Crippen molar-refractivity contribution in [2.75, 3.05) is 27.4 Å². The Hall–Kier alpha value is -3.81. The molecule has 1 heterocycles. The molecule has 0 saturated heterocycles. The third-order valence-electron chi connectivity index (χ3n) is 4.28. The van der Waals surface area contributed by atoms with Crippen molar-refractivity contribution in [3.05, 3.63) is 71.0 Å². The predicted molar refractivity (Wildman–Crippen MR) is 112 cm³/mol. The fourth-order valence-electron chi connectivity index (χ4n) is 2.74. The van der Waals surface area contributed by atoms with E-state index in [1.807, 2.05) is 30.3 Å². The van der Waals surface area contributed by atoms with Crippen LogP contribution < -0.4 is 25.1 Å². The van der Waals surface area contributed by atoms with Gasteiger partial charge in [-0.1, -0.05) is 30.3 Å². The van der Waals surface area contributed by atoms with Crippen LogP contribution in [0.1, 0.15) is 0 Å². The third-order valence-corrected chi connectivity index (χ3v) is 4.28. The molecule has 8 heteroatoms. The number of hydrogen-bond acceptors (Lipinski definition) is 6. The molecule has 0 spiro atoms. The lowest BCUT2D eigenvalue weighted by molar-refractivity contribution is -0.123. The van der Waals surface area contributed by atoms with Crippen LogP contribution in [-0.2, 0) is 11.3 Å². The molecule has 0 aliphatic heterocycles. The first-order chi connectivity index (χ1) is 14.6. The zero-order valence-electron chi connectivity index (χ0n) is 16.8. The van der Waals surface area contributed by atoms with Gasteiger partial charge in [0.1, 0.15) is 17.2 Å². The summed E-state index contributed by atoms with van der Waals surface area (Å²) >= 11 is 0. The van der Waals surface area contributed by atoms with Crippen LogP contribution >= 0.6 is 0 Å². The number of benzene rings is 2. The van der Waals surface area contributed by atoms with Crippen LogP contribution in [0.25, 0.3) is 11.3 Å². The van der Waals surface area contributed by atoms with Gasteiger partial charge in [-0.2, -0.15) is 5.10 Å². The maximum absolute atomic E-state index is 12.1. The summed E-state index contributed by atoms with van der Waals surface area (Å²) in [7, 11) is 3.07. The number of hydrogen-bond donors (Lipinski definition) is 1. The van der Waals surface area contributed by atoms with Gasteiger partial charge in [-0.15, -0.1) is 0 Å². The number of amides is 1. The second kappa shape index (κ2) is 10.1. The molecule has 0 aliphatic rings. The Labute approximate surface area is 174 Å². The van der Waals surface area contributed by atoms with E-state index < -0.39 is 0 Å². The van der Waals surface area contributed by atoms with E-state index in [4.69, 9.17) is 14.2 Å². The van der Waals surface area contributed by atoms with Crippen LogP contribution in [0.5, 0.6) is 17.2 Å². The second-order valence-electron chi connectivity index (χ2n) is 6.33. The van der Waals surface area contributed by atoms with Crippen molar-refractivity contribution >= 4 is 5.91 Å². The van der Waals surface area contributed by atoms with Crippen LogP contribution in [-0.4, -0.2) is 43.1 Å². The molecule has 156 valence electrons. The van der Waals surface area contributed by atoms with Gasteiger partial charge in [-0.05, 0) is 6.07 Å². The normalized spacial score (nSPS) is 10.3. The lowest BCUT2D eigenvalue weighted by atomic mass is 10.1. The zero-order valence-corrected chi connectivity index (χ0v) is 16.8. The molecule has 0 aliphatic carbocycles. The predicted octanol–water partition coefficient (Wildman–Crippen LogP) is 2.12. The average Bonchev–Trinajstić information content (AvgIpc) is 2.79. The summed E-state index contributed by atoms with van der Waals surface area (Å²) < 4.78 is 17.2. The van der Waals surface area contributed by atoms with Crippen LogP contribution in [0.15, 0.2) is 65.5 Å². The Morgan fingerprint density at radius 3 is 2.30 bits per heavy atom. The topological polar surface area (TPSA) is 91.7 Å². The molecule has 0 unspecified atom stereocenters. The molecule has 0 bridgehead atoms. The molecule has 3 aromatic rings. The molecule has 8 nitrogen and oxygen atoms in total. The summed E-state index contributed by atoms with van der Waals surface area (Å²) in [5, 5.41) is 7.08. The van der Waals surface area contributed by atoms with Gasteiger partial charge in [0.2, 0.25) is 0 Å². The van der Waals surface area contributed by atoms with Gasteiger partial charge in [0.15, 0.2) is 6.61 Å². The van der Waals surface area contributed by atoms with Crippen molar-refractivity contribution in [1.29, 1.82) is 0 Å². The number of nitrogens with one attached hydrogen (secondary N) is 1. The van der Waals surface area contributed by atoms with E-state index in [1.54, 1.807) is 24.3 Å². The van der Waals surface area contributed by atoms with E-state index >= 15 is 0 Å². The first kappa shape index (κ1) is 20.9. The van der Waals surface area contributed by atoms with Crippen molar-refractivity contribution in [3.63, 3.8) is 0 Å². The fourth-order valence-corrected chi connectivity index (χ4v) is 2.74. The van der Waals surface area contributed by atoms with Crippen LogP contribution in [0.4, 0.5) is 0 Å². The fraction of sp³-hybridized carbons (Fsp3) is 0.227.